The van der Waals surface area contributed by atoms with Gasteiger partial charge in [-0.3, -0.25) is 15.0 Å². The Morgan fingerprint density at radius 1 is 0.636 bits per heavy atom. The maximum absolute atomic E-state index is 8.59. The molecule has 171 valence electrons. The van der Waals surface area contributed by atoms with Gasteiger partial charge in [0, 0.05) is 63.7 Å². The van der Waals surface area contributed by atoms with E-state index in [9.17, 15) is 0 Å². The Labute approximate surface area is 207 Å². The van der Waals surface area contributed by atoms with Gasteiger partial charge in [-0.15, -0.1) is 0 Å². The molecule has 33 heavy (non-hydrogen) atoms. The van der Waals surface area contributed by atoms with Crippen LogP contribution in [0.2, 0.25) is 0 Å². The van der Waals surface area contributed by atoms with Gasteiger partial charge in [0.05, 0.1) is 0 Å². The van der Waals surface area contributed by atoms with E-state index >= 15 is 0 Å². The number of halogens is 1. The van der Waals surface area contributed by atoms with E-state index < -0.39 is 0 Å². The molecule has 0 aliphatic heterocycles. The van der Waals surface area contributed by atoms with Crippen LogP contribution < -0.4 is 0 Å². The summed E-state index contributed by atoms with van der Waals surface area (Å²) in [5, 5.41) is 8.59. The van der Waals surface area contributed by atoms with Crippen molar-refractivity contribution in [2.75, 3.05) is 0 Å². The number of aromatic hydroxyl groups is 1. The van der Waals surface area contributed by atoms with Gasteiger partial charge < -0.3 is 14.2 Å². The predicted octanol–water partition coefficient (Wildman–Crippen LogP) is 4.44. The maximum atomic E-state index is 8.59. The van der Waals surface area contributed by atoms with E-state index in [-0.39, 0.29) is 5.75 Å². The van der Waals surface area contributed by atoms with Gasteiger partial charge in [0.25, 0.3) is 0 Å². The van der Waals surface area contributed by atoms with Crippen molar-refractivity contribution in [3.63, 3.8) is 0 Å². The van der Waals surface area contributed by atoms with Crippen LogP contribution in [0, 0.1) is 0 Å². The van der Waals surface area contributed by atoms with E-state index in [1.165, 1.54) is 42.1 Å². The van der Waals surface area contributed by atoms with Gasteiger partial charge in [-0.05, 0) is 36.4 Å². The van der Waals surface area contributed by atoms with E-state index in [4.69, 9.17) is 5.11 Å². The summed E-state index contributed by atoms with van der Waals surface area (Å²) in [6, 6.07) is 14.7. The molecule has 0 aromatic carbocycles. The quantitative estimate of drug-likeness (QED) is 0.307. The molecule has 8 nitrogen and oxygen atoms in total. The van der Waals surface area contributed by atoms with Crippen molar-refractivity contribution in [1.29, 1.82) is 0 Å². The first-order valence-corrected chi connectivity index (χ1v) is 12.8. The molecule has 5 aromatic heterocycles. The molecule has 0 radical (unpaired) electrons. The summed E-state index contributed by atoms with van der Waals surface area (Å²) in [7, 11) is 8.58. The normalized spacial score (nSPS) is 9.33. The second-order valence-corrected chi connectivity index (χ2v) is 6.36. The molecule has 0 atom stereocenters. The van der Waals surface area contributed by atoms with Gasteiger partial charge in [0.15, 0.2) is 11.6 Å². The first-order valence-electron chi connectivity index (χ1n) is 9.65. The number of pyridine rings is 3. The Morgan fingerprint density at radius 2 is 1.09 bits per heavy atom. The number of aromatic nitrogens is 7. The summed E-state index contributed by atoms with van der Waals surface area (Å²) in [4.78, 5) is 20.5. The summed E-state index contributed by atoms with van der Waals surface area (Å²) >= 11 is 1.33. The van der Waals surface area contributed by atoms with Crippen LogP contribution in [0.4, 0.5) is 0 Å². The third-order valence-electron chi connectivity index (χ3n) is 4.09. The van der Waals surface area contributed by atoms with Crippen LogP contribution in [-0.4, -0.2) is 39.2 Å². The third kappa shape index (κ3) is 8.57. The molecule has 5 heterocycles. The molecule has 0 bridgehead atoms. The Hall–Kier alpha value is -3.40. The minimum atomic E-state index is 0.259. The van der Waals surface area contributed by atoms with Crippen molar-refractivity contribution in [1.82, 2.24) is 34.1 Å². The van der Waals surface area contributed by atoms with E-state index in [1.807, 2.05) is 72.0 Å². The third-order valence-corrected chi connectivity index (χ3v) is 4.09. The average Bonchev–Trinajstić information content (AvgIpc) is 3.51. The molecule has 0 amide bonds. The first-order chi connectivity index (χ1) is 16.1. The average molecular weight is 639 g/mol. The van der Waals surface area contributed by atoms with E-state index in [0.717, 1.165) is 23.0 Å². The number of nitrogens with zero attached hydrogens (tertiary/aromatic N) is 7. The molecule has 0 fully saturated rings. The second-order valence-electron chi connectivity index (χ2n) is 6.36. The van der Waals surface area contributed by atoms with Crippen LogP contribution in [0.15, 0.2) is 98.1 Å². The van der Waals surface area contributed by atoms with E-state index in [1.54, 1.807) is 24.8 Å². The molecule has 0 spiro atoms. The van der Waals surface area contributed by atoms with Crippen LogP contribution in [-0.2, 0) is 31.7 Å². The van der Waals surface area contributed by atoms with Crippen molar-refractivity contribution in [3.8, 4) is 28.8 Å². The zero-order valence-electron chi connectivity index (χ0n) is 18.0. The zero-order chi connectivity index (χ0) is 23.9. The summed E-state index contributed by atoms with van der Waals surface area (Å²) in [5.74, 6) is 2.06. The van der Waals surface area contributed by atoms with Gasteiger partial charge in [-0.25, -0.2) is 9.97 Å². The molecule has 0 unspecified atom stereocenters. The van der Waals surface area contributed by atoms with Crippen molar-refractivity contribution in [2.45, 2.75) is 0 Å². The van der Waals surface area contributed by atoms with Crippen LogP contribution in [0.3, 0.4) is 0 Å². The monoisotopic (exact) mass is 640 g/mol. The number of rotatable bonds is 2. The second kappa shape index (κ2) is 14.6. The van der Waals surface area contributed by atoms with Crippen molar-refractivity contribution in [3.05, 3.63) is 98.1 Å². The van der Waals surface area contributed by atoms with Crippen molar-refractivity contribution < 1.29 is 22.7 Å². The number of imidazole rings is 2. The fourth-order valence-electron chi connectivity index (χ4n) is 2.56. The molecule has 0 saturated carbocycles. The number of aryl methyl sites for hydroxylation is 2. The van der Waals surface area contributed by atoms with E-state index in [0.29, 0.717) is 0 Å². The van der Waals surface area contributed by atoms with Gasteiger partial charge in [0.2, 0.25) is 0 Å². The Balaban J connectivity index is 0.000000174. The van der Waals surface area contributed by atoms with Crippen LogP contribution in [0.25, 0.3) is 23.0 Å². The molecular weight excluding hydrogens is 616 g/mol. The topological polar surface area (TPSA) is 94.5 Å². The number of hydrogen-bond donors (Lipinski definition) is 1. The Morgan fingerprint density at radius 3 is 1.36 bits per heavy atom. The molecule has 0 saturated heterocycles. The zero-order valence-corrected chi connectivity index (χ0v) is 21.3. The Bertz CT molecular complexity index is 1090. The summed E-state index contributed by atoms with van der Waals surface area (Å²) < 4.78 is 3.89. The molecule has 0 aliphatic carbocycles. The van der Waals surface area contributed by atoms with Crippen molar-refractivity contribution >= 4 is 9.64 Å². The molecule has 5 aromatic rings. The van der Waals surface area contributed by atoms with Gasteiger partial charge in [0.1, 0.15) is 17.1 Å². The molecule has 1 N–H and O–H groups in total. The van der Waals surface area contributed by atoms with Gasteiger partial charge >= 0.3 is 27.2 Å². The van der Waals surface area contributed by atoms with Crippen LogP contribution in [0.5, 0.6) is 5.75 Å². The van der Waals surface area contributed by atoms with Gasteiger partial charge in [-0.1, -0.05) is 12.1 Å². The van der Waals surface area contributed by atoms with E-state index in [2.05, 4.69) is 34.6 Å². The molecule has 0 aliphatic rings. The van der Waals surface area contributed by atoms with Crippen LogP contribution in [0.1, 0.15) is 0 Å². The van der Waals surface area contributed by atoms with Crippen LogP contribution >= 0.6 is 9.64 Å². The fourth-order valence-corrected chi connectivity index (χ4v) is 2.56. The fraction of sp³-hybridized carbons (Fsp3) is 0.0870. The first kappa shape index (κ1) is 25.9. The number of hydrogen-bond acceptors (Lipinski definition) is 6. The molecule has 10 heteroatoms. The predicted molar refractivity (Wildman–Crippen MR) is 125 cm³/mol. The van der Waals surface area contributed by atoms with Gasteiger partial charge in [-0.2, -0.15) is 0 Å². The van der Waals surface area contributed by atoms with Crippen molar-refractivity contribution in [2.24, 2.45) is 14.1 Å². The summed E-state index contributed by atoms with van der Waals surface area (Å²) in [5.41, 5.74) is 1.81. The molecule has 5 rings (SSSR count). The minimum absolute atomic E-state index is 0.259. The summed E-state index contributed by atoms with van der Waals surface area (Å²) in [6.07, 6.45) is 14.0. The molecular formula is C23H23ClN7OOs. The standard InChI is InChI=1S/2C9H9N3.C5H5NO.ClH.Os/c2*1-12-7-6-11-9(12)8-4-2-3-5-10-8;7-5-1-3-6-4-2-5;;/h2*2-7H,1H3;1-4H,(H,6,7);1H;/q;;;;+1/p-1. The SMILES string of the molecule is Cn1ccnc1-c1ccccn1.Cn1ccnc1-c1ccccn1.Oc1ccncc1.[Cl][Os]. The summed E-state index contributed by atoms with van der Waals surface area (Å²) in [6.45, 7) is 0. The Kier molecular flexibility index (Phi) is 11.5.